The van der Waals surface area contributed by atoms with Gasteiger partial charge in [0, 0.05) is 11.1 Å². The van der Waals surface area contributed by atoms with Crippen LogP contribution in [0.1, 0.15) is 68.1 Å². The maximum atomic E-state index is 13.6. The van der Waals surface area contributed by atoms with Crippen LogP contribution >= 0.6 is 0 Å². The van der Waals surface area contributed by atoms with E-state index in [0.717, 1.165) is 56.6 Å². The zero-order valence-corrected chi connectivity index (χ0v) is 61.7. The lowest BCUT2D eigenvalue weighted by Crippen LogP contribution is -2.30. The van der Waals surface area contributed by atoms with Crippen LogP contribution < -0.4 is 20.9 Å². The fourth-order valence-corrected chi connectivity index (χ4v) is 12.5. The summed E-state index contributed by atoms with van der Waals surface area (Å²) in [7, 11) is 0. The van der Waals surface area contributed by atoms with E-state index in [1.807, 2.05) is 84.9 Å². The SMILES string of the molecule is [C-]#[N+]/C(C#N)=C1/c2ccccc2-c2cc3c(cc21)-c1ccccc1/C3=C(/C#N)[N+]#[C-].[C-]#[N+]C(C#N)=c1c(F)c(F)c(=C(C#N)[N+]#[C-])c(F)c1F.[C-]#[N+]C(C#N)=c1ccc(=C(C#N)[N+]#[C-])cc1.[C-]#[N+]c1nc(C#N)c2c3nc(C#N)nc(C#N)c3c3nc(C#N)nc([N+]#[C-])c3c2n1.[C-]#[N+]c1nc2c(nc1C#N)c1nc(C#N)c(C#N)nc1c1nc(C#N)c([N+]#[C-])nc12. The second-order valence-corrected chi connectivity index (χ2v) is 23.8. The van der Waals surface area contributed by atoms with Crippen LogP contribution in [-0.2, 0) is 0 Å². The summed E-state index contributed by atoms with van der Waals surface area (Å²) in [4.78, 5) is 79.5. The first kappa shape index (κ1) is 83.9. The monoisotopic (exact) mass is 1630 g/mol. The summed E-state index contributed by atoms with van der Waals surface area (Å²) in [5.74, 6) is -9.98. The van der Waals surface area contributed by atoms with E-state index in [2.05, 4.69) is 108 Å². The Morgan fingerprint density at radius 2 is 0.563 bits per heavy atom. The molecule has 6 aromatic heterocycles. The third kappa shape index (κ3) is 14.4. The van der Waals surface area contributed by atoms with Crippen molar-refractivity contribution in [3.05, 3.63) is 323 Å². The van der Waals surface area contributed by atoms with Gasteiger partial charge in [-0.2, -0.15) is 47.1 Å². The van der Waals surface area contributed by atoms with E-state index < -0.39 is 45.1 Å². The average Bonchev–Trinajstić information content (AvgIpc) is 1.48. The zero-order valence-electron chi connectivity index (χ0n) is 61.7. The van der Waals surface area contributed by atoms with Crippen LogP contribution in [0.5, 0.6) is 0 Å². The number of nitriles is 14. The van der Waals surface area contributed by atoms with Crippen LogP contribution in [0.3, 0.4) is 0 Å². The second kappa shape index (κ2) is 35.6. The number of halogens is 4. The molecule has 0 fully saturated rings. The van der Waals surface area contributed by atoms with Crippen molar-refractivity contribution in [1.82, 2.24) is 59.8 Å². The summed E-state index contributed by atoms with van der Waals surface area (Å²) in [6.07, 6.45) is 0. The lowest BCUT2D eigenvalue weighted by molar-refractivity contribution is 0.434. The number of hydrogen-bond donors (Lipinski definition) is 0. The van der Waals surface area contributed by atoms with Crippen LogP contribution in [0.25, 0.3) is 170 Å². The molecule has 40 heteroatoms. The van der Waals surface area contributed by atoms with E-state index in [1.54, 1.807) is 72.8 Å². The summed E-state index contributed by atoms with van der Waals surface area (Å²) in [6, 6.07) is 49.6. The van der Waals surface area contributed by atoms with Gasteiger partial charge in [-0.05, 0) is 67.1 Å². The molecular weight excluding hydrogens is 1610 g/mol. The summed E-state index contributed by atoms with van der Waals surface area (Å²) in [6.45, 7) is 70.7. The standard InChI is InChI=1S/C26H10N4.2C18N12.C12F4N4.C12H4N4/c1-29-23(13-27)25-17-9-5-3-7-15(17)19-12-22-20(11-21(19)25)16-8-4-6-10-18(16)26(22)24(14-28)30-2;1-23-17-13-15(28-10(6-22)29-17)11-7(3-19)25-9(5-21)27-14(11)12-8(4-20)26-18(24-2)30-16(12)13;1-23-17-9(5-21)27-13-11-12(26-8(4-20)7(3-19)25-11)14-16(15(13)29-17)30-18(24-2)10(6-22)28-14;1-19-5(3-17)7-9(13)11(15)8(6(4-18)20-2)12(16)10(7)14;1-15-11(7-13)9-3-5-10(6-4-9)12(8-14)16-2/h3-12H;;;;3-6H/b25-23-,26-24+;;;;. The van der Waals surface area contributed by atoms with Crippen molar-refractivity contribution < 1.29 is 17.6 Å². The van der Waals surface area contributed by atoms with Gasteiger partial charge in [0.15, 0.2) is 57.8 Å². The quantitative estimate of drug-likeness (QED) is 0.0447. The summed E-state index contributed by atoms with van der Waals surface area (Å²) in [5, 5.41) is 126. The van der Waals surface area contributed by atoms with E-state index >= 15 is 0 Å². The van der Waals surface area contributed by atoms with Crippen LogP contribution in [0.15, 0.2) is 96.3 Å². The molecule has 36 nitrogen and oxygen atoms in total. The van der Waals surface area contributed by atoms with E-state index in [0.29, 0.717) is 21.6 Å². The molecule has 0 atom stereocenters. The van der Waals surface area contributed by atoms with Crippen LogP contribution in [0.4, 0.5) is 41.0 Å². The lowest BCUT2D eigenvalue weighted by atomic mass is 9.95. The molecule has 0 aliphatic heterocycles. The van der Waals surface area contributed by atoms with Crippen molar-refractivity contribution in [1.29, 1.82) is 73.7 Å². The predicted molar refractivity (Wildman–Crippen MR) is 422 cm³/mol. The smallest absolute Gasteiger partial charge is 0.373 e. The third-order valence-electron chi connectivity index (χ3n) is 17.6. The molecule has 7 aromatic carbocycles. The summed E-state index contributed by atoms with van der Waals surface area (Å²) in [5.41, 5.74) is 4.29. The number of hydrogen-bond acceptors (Lipinski definition) is 26. The summed E-state index contributed by atoms with van der Waals surface area (Å²) < 4.78 is 54.6. The van der Waals surface area contributed by atoms with Crippen molar-refractivity contribution in [2.45, 2.75) is 0 Å². The largest absolute Gasteiger partial charge is 0.394 e. The fourth-order valence-electron chi connectivity index (χ4n) is 12.5. The fraction of sp³-hybridized carbons (Fsp3) is 0. The van der Waals surface area contributed by atoms with Crippen molar-refractivity contribution in [2.24, 2.45) is 0 Å². The molecule has 2 aliphatic carbocycles. The van der Waals surface area contributed by atoms with E-state index in [9.17, 15) is 70.2 Å². The van der Waals surface area contributed by atoms with E-state index in [-0.39, 0.29) is 158 Å². The molecule has 6 heterocycles. The van der Waals surface area contributed by atoms with Gasteiger partial charge < -0.3 is 19.4 Å². The van der Waals surface area contributed by atoms with Gasteiger partial charge in [0.1, 0.15) is 70.1 Å². The molecule has 0 amide bonds. The van der Waals surface area contributed by atoms with Gasteiger partial charge in [0.25, 0.3) is 40.0 Å². The maximum Gasteiger partial charge on any atom is 0.373 e. The number of nitrogens with zero attached hydrogens (tertiary/aromatic N) is 36. The molecule has 13 aromatic rings. The summed E-state index contributed by atoms with van der Waals surface area (Å²) >= 11 is 0. The molecule has 0 spiro atoms. The number of allylic oxidation sites excluding steroid dienone is 2. The molecule has 126 heavy (non-hydrogen) atoms. The molecule has 0 bridgehead atoms. The Balaban J connectivity index is 0.000000156. The lowest BCUT2D eigenvalue weighted by Gasteiger charge is -2.09. The Morgan fingerprint density at radius 1 is 0.254 bits per heavy atom. The molecule has 0 unspecified atom stereocenters. The van der Waals surface area contributed by atoms with Crippen LogP contribution in [0.2, 0.25) is 0 Å². The van der Waals surface area contributed by atoms with Gasteiger partial charge >= 0.3 is 23.4 Å². The van der Waals surface area contributed by atoms with Gasteiger partial charge in [0.2, 0.25) is 22.6 Å². The normalized spacial score (nSPS) is 10.7. The molecule has 2 aliphatic rings. The van der Waals surface area contributed by atoms with Crippen LogP contribution in [-0.4, -0.2) is 59.8 Å². The first-order valence-electron chi connectivity index (χ1n) is 33.4. The van der Waals surface area contributed by atoms with Gasteiger partial charge in [-0.1, -0.05) is 97.5 Å². The van der Waals surface area contributed by atoms with Gasteiger partial charge in [-0.15, -0.1) is 26.5 Å². The predicted octanol–water partition coefficient (Wildman–Crippen LogP) is 12.4. The molecule has 0 N–H and O–H groups in total. The highest BCUT2D eigenvalue weighted by molar-refractivity contribution is 6.27. The van der Waals surface area contributed by atoms with Gasteiger partial charge in [0.05, 0.1) is 113 Å². The Bertz CT molecular complexity index is 7880. The molecule has 0 saturated carbocycles. The van der Waals surface area contributed by atoms with Crippen molar-refractivity contribution in [3.8, 4) is 107 Å². The van der Waals surface area contributed by atoms with E-state index in [1.165, 1.54) is 0 Å². The molecular formula is C86H14F4N36. The maximum absolute atomic E-state index is 13.6. The highest BCUT2D eigenvalue weighted by atomic mass is 19.2. The minimum absolute atomic E-state index is 0.00660. The average molecular weight is 1630 g/mol. The van der Waals surface area contributed by atoms with Crippen LogP contribution in [0, 0.1) is 248 Å². The van der Waals surface area contributed by atoms with E-state index in [4.69, 9.17) is 86.8 Å². The first-order chi connectivity index (χ1) is 61.1. The minimum Gasteiger partial charge on any atom is -0.394 e. The van der Waals surface area contributed by atoms with Crippen molar-refractivity contribution in [2.75, 3.05) is 0 Å². The molecule has 566 valence electrons. The highest BCUT2D eigenvalue weighted by Gasteiger charge is 2.35. The number of fused-ring (bicyclic) bond motifs is 18. The Labute approximate surface area is 700 Å². The zero-order chi connectivity index (χ0) is 91.1. The second-order valence-electron chi connectivity index (χ2n) is 23.8. The van der Waals surface area contributed by atoms with Gasteiger partial charge in [-0.3, -0.25) is 0 Å². The molecule has 0 saturated heterocycles. The van der Waals surface area contributed by atoms with Crippen molar-refractivity contribution in [3.63, 3.8) is 0 Å². The minimum atomic E-state index is -2.01. The number of rotatable bonds is 0. The first-order valence-corrected chi connectivity index (χ1v) is 33.4. The van der Waals surface area contributed by atoms with Crippen molar-refractivity contribution >= 4 is 123 Å². The molecule has 0 radical (unpaired) electrons. The Hall–Kier alpha value is -23.0. The number of aromatic nitrogens is 12. The van der Waals surface area contributed by atoms with Gasteiger partial charge in [-0.25, -0.2) is 108 Å². The highest BCUT2D eigenvalue weighted by Crippen LogP contribution is 2.54. The third-order valence-corrected chi connectivity index (χ3v) is 17.6. The topological polar surface area (TPSA) is 531 Å². The Kier molecular flexibility index (Phi) is 23.7. The Morgan fingerprint density at radius 3 is 0.881 bits per heavy atom. The number of benzene rings is 7. The molecule has 15 rings (SSSR count).